The maximum Gasteiger partial charge on any atom is 0.460 e. The van der Waals surface area contributed by atoms with Crippen molar-refractivity contribution in [1.82, 2.24) is 0 Å². The number of alkyl halides is 7. The van der Waals surface area contributed by atoms with Gasteiger partial charge >= 0.3 is 18.0 Å². The van der Waals surface area contributed by atoms with Gasteiger partial charge in [-0.2, -0.15) is 36.0 Å². The summed E-state index contributed by atoms with van der Waals surface area (Å²) in [6.45, 7) is 1.40. The van der Waals surface area contributed by atoms with Crippen LogP contribution in [0.4, 0.5) is 30.7 Å². The SMILES string of the molecule is CCC/C(=C(/c1ccc(C#N)cc1)c1ccc(OC)cc1)C(F)(F)C(F)(F)C(F)(F)F. The predicted molar refractivity (Wildman–Crippen MR) is 101 cm³/mol. The highest BCUT2D eigenvalue weighted by Gasteiger charge is 2.74. The van der Waals surface area contributed by atoms with E-state index < -0.39 is 35.6 Å². The number of ether oxygens (including phenoxy) is 1. The molecule has 2 rings (SSSR count). The highest BCUT2D eigenvalue weighted by atomic mass is 19.4. The molecule has 0 amide bonds. The summed E-state index contributed by atoms with van der Waals surface area (Å²) in [7, 11) is 1.35. The van der Waals surface area contributed by atoms with Crippen molar-refractivity contribution in [2.45, 2.75) is 37.8 Å². The molecule has 0 aliphatic rings. The molecule has 0 atom stereocenters. The van der Waals surface area contributed by atoms with E-state index in [1.165, 1.54) is 62.6 Å². The Kier molecular flexibility index (Phi) is 7.04. The number of methoxy groups -OCH3 is 1. The topological polar surface area (TPSA) is 33.0 Å². The smallest absolute Gasteiger partial charge is 0.460 e. The Bertz CT molecular complexity index is 969. The van der Waals surface area contributed by atoms with Crippen molar-refractivity contribution in [2.75, 3.05) is 7.11 Å². The van der Waals surface area contributed by atoms with Crippen LogP contribution in [-0.2, 0) is 0 Å². The van der Waals surface area contributed by atoms with E-state index in [1.54, 1.807) is 0 Å². The van der Waals surface area contributed by atoms with E-state index in [-0.39, 0.29) is 23.1 Å². The lowest BCUT2D eigenvalue weighted by Gasteiger charge is -2.32. The summed E-state index contributed by atoms with van der Waals surface area (Å²) in [5, 5.41) is 8.94. The van der Waals surface area contributed by atoms with Crippen LogP contribution in [0, 0.1) is 11.3 Å². The van der Waals surface area contributed by atoms with Crippen LogP contribution in [0.2, 0.25) is 0 Å². The van der Waals surface area contributed by atoms with Gasteiger partial charge in [0.15, 0.2) is 0 Å². The maximum absolute atomic E-state index is 14.9. The fraction of sp³-hybridized carbons (Fsp3) is 0.318. The number of benzene rings is 2. The molecule has 0 aromatic heterocycles. The second-order valence-corrected chi connectivity index (χ2v) is 6.67. The van der Waals surface area contributed by atoms with Crippen LogP contribution in [0.3, 0.4) is 0 Å². The van der Waals surface area contributed by atoms with Gasteiger partial charge in [0.25, 0.3) is 0 Å². The summed E-state index contributed by atoms with van der Waals surface area (Å²) in [6.07, 6.45) is -7.26. The van der Waals surface area contributed by atoms with E-state index in [4.69, 9.17) is 10.00 Å². The third-order valence-corrected chi connectivity index (χ3v) is 4.61. The molecule has 0 heterocycles. The summed E-state index contributed by atoms with van der Waals surface area (Å²) < 4.78 is 101. The molecule has 0 fully saturated rings. The lowest BCUT2D eigenvalue weighted by molar-refractivity contribution is -0.344. The molecular weight excluding hydrogens is 427 g/mol. The molecule has 2 aromatic rings. The molecule has 2 nitrogen and oxygen atoms in total. The number of rotatable bonds is 7. The van der Waals surface area contributed by atoms with Gasteiger partial charge in [0.05, 0.1) is 18.7 Å². The zero-order valence-corrected chi connectivity index (χ0v) is 16.5. The van der Waals surface area contributed by atoms with Gasteiger partial charge in [-0.05, 0) is 47.4 Å². The first-order valence-corrected chi connectivity index (χ1v) is 9.11. The van der Waals surface area contributed by atoms with E-state index in [2.05, 4.69) is 0 Å². The van der Waals surface area contributed by atoms with Gasteiger partial charge < -0.3 is 4.74 Å². The molecule has 0 saturated heterocycles. The summed E-state index contributed by atoms with van der Waals surface area (Å²) >= 11 is 0. The van der Waals surface area contributed by atoms with Crippen LogP contribution in [0.5, 0.6) is 5.75 Å². The second-order valence-electron chi connectivity index (χ2n) is 6.67. The monoisotopic (exact) mass is 445 g/mol. The zero-order chi connectivity index (χ0) is 23.4. The third kappa shape index (κ3) is 4.68. The van der Waals surface area contributed by atoms with Crippen molar-refractivity contribution in [2.24, 2.45) is 0 Å². The quantitative estimate of drug-likeness (QED) is 0.430. The molecule has 31 heavy (non-hydrogen) atoms. The molecule has 9 heteroatoms. The molecule has 0 N–H and O–H groups in total. The largest absolute Gasteiger partial charge is 0.497 e. The van der Waals surface area contributed by atoms with E-state index >= 15 is 0 Å². The minimum Gasteiger partial charge on any atom is -0.497 e. The molecule has 0 aliphatic heterocycles. The molecule has 166 valence electrons. The number of hydrogen-bond acceptors (Lipinski definition) is 2. The Morgan fingerprint density at radius 2 is 1.35 bits per heavy atom. The van der Waals surface area contributed by atoms with Crippen molar-refractivity contribution >= 4 is 5.57 Å². The van der Waals surface area contributed by atoms with Gasteiger partial charge in [0, 0.05) is 5.57 Å². The summed E-state index contributed by atoms with van der Waals surface area (Å²) in [6, 6.07) is 12.2. The summed E-state index contributed by atoms with van der Waals surface area (Å²) in [5.74, 6) is -11.5. The van der Waals surface area contributed by atoms with Gasteiger partial charge in [0.2, 0.25) is 0 Å². The average Bonchev–Trinajstić information content (AvgIpc) is 2.73. The molecule has 2 aromatic carbocycles. The molecule has 0 radical (unpaired) electrons. The number of nitrogens with zero attached hydrogens (tertiary/aromatic N) is 1. The molecule has 0 aliphatic carbocycles. The van der Waals surface area contributed by atoms with Crippen molar-refractivity contribution < 1.29 is 35.5 Å². The minimum absolute atomic E-state index is 0.00612. The summed E-state index contributed by atoms with van der Waals surface area (Å²) in [4.78, 5) is 0. The highest BCUT2D eigenvalue weighted by molar-refractivity contribution is 5.83. The Hall–Kier alpha value is -3.02. The first-order chi connectivity index (χ1) is 14.4. The van der Waals surface area contributed by atoms with Crippen LogP contribution in [0.25, 0.3) is 5.57 Å². The molecule has 0 unspecified atom stereocenters. The predicted octanol–water partition coefficient (Wildman–Crippen LogP) is 7.00. The van der Waals surface area contributed by atoms with Crippen molar-refractivity contribution in [1.29, 1.82) is 5.26 Å². The maximum atomic E-state index is 14.9. The Labute approximate surface area is 174 Å². The number of nitriles is 1. The van der Waals surface area contributed by atoms with Gasteiger partial charge in [-0.25, -0.2) is 0 Å². The summed E-state index contributed by atoms with van der Waals surface area (Å²) in [5.41, 5.74) is -1.64. The molecule has 0 bridgehead atoms. The molecular formula is C22H18F7NO. The number of halogens is 7. The number of allylic oxidation sites excluding steroid dienone is 1. The van der Waals surface area contributed by atoms with Gasteiger partial charge in [-0.3, -0.25) is 0 Å². The lowest BCUT2D eigenvalue weighted by atomic mass is 9.85. The van der Waals surface area contributed by atoms with Crippen molar-refractivity contribution in [3.8, 4) is 11.8 Å². The zero-order valence-electron chi connectivity index (χ0n) is 16.5. The molecule has 0 spiro atoms. The molecule has 0 saturated carbocycles. The fourth-order valence-electron chi connectivity index (χ4n) is 3.04. The van der Waals surface area contributed by atoms with E-state index in [1.807, 2.05) is 6.07 Å². The lowest BCUT2D eigenvalue weighted by Crippen LogP contribution is -2.53. The minimum atomic E-state index is -6.45. The average molecular weight is 445 g/mol. The van der Waals surface area contributed by atoms with Crippen LogP contribution in [0.15, 0.2) is 54.1 Å². The first kappa shape index (κ1) is 24.3. The normalized spacial score (nSPS) is 13.4. The van der Waals surface area contributed by atoms with E-state index in [0.717, 1.165) is 0 Å². The van der Waals surface area contributed by atoms with Crippen molar-refractivity contribution in [3.05, 3.63) is 70.8 Å². The van der Waals surface area contributed by atoms with Crippen LogP contribution < -0.4 is 4.74 Å². The van der Waals surface area contributed by atoms with Gasteiger partial charge in [-0.1, -0.05) is 37.6 Å². The fourth-order valence-corrected chi connectivity index (χ4v) is 3.04. The third-order valence-electron chi connectivity index (χ3n) is 4.61. The van der Waals surface area contributed by atoms with Crippen LogP contribution >= 0.6 is 0 Å². The van der Waals surface area contributed by atoms with E-state index in [9.17, 15) is 30.7 Å². The Morgan fingerprint density at radius 1 is 0.871 bits per heavy atom. The highest BCUT2D eigenvalue weighted by Crippen LogP contribution is 2.53. The van der Waals surface area contributed by atoms with Crippen LogP contribution in [-0.4, -0.2) is 25.1 Å². The van der Waals surface area contributed by atoms with Crippen molar-refractivity contribution in [3.63, 3.8) is 0 Å². The number of hydrogen-bond donors (Lipinski definition) is 0. The van der Waals surface area contributed by atoms with Gasteiger partial charge in [0.1, 0.15) is 5.75 Å². The first-order valence-electron chi connectivity index (χ1n) is 9.11. The Balaban J connectivity index is 2.89. The second kappa shape index (κ2) is 9.00. The van der Waals surface area contributed by atoms with E-state index in [0.29, 0.717) is 5.75 Å². The standard InChI is InChI=1S/C22H18F7NO/c1-3-4-18(20(23,24)21(25,26)22(27,28)29)19(15-7-5-14(13-30)6-8-15)16-9-11-17(31-2)12-10-16/h5-12H,3-4H2,1-2H3/b19-18+. The Morgan fingerprint density at radius 3 is 1.74 bits per heavy atom. The van der Waals surface area contributed by atoms with Gasteiger partial charge in [-0.15, -0.1) is 0 Å². The van der Waals surface area contributed by atoms with Crippen LogP contribution in [0.1, 0.15) is 36.5 Å².